The molecule has 0 spiro atoms. The first kappa shape index (κ1) is 14.1. The van der Waals surface area contributed by atoms with E-state index in [2.05, 4.69) is 27.2 Å². The molecule has 5 nitrogen and oxygen atoms in total. The zero-order valence-corrected chi connectivity index (χ0v) is 11.7. The van der Waals surface area contributed by atoms with Gasteiger partial charge in [0.1, 0.15) is 18.0 Å². The Morgan fingerprint density at radius 2 is 2.11 bits per heavy atom. The quantitative estimate of drug-likeness (QED) is 0.770. The van der Waals surface area contributed by atoms with Crippen LogP contribution in [-0.2, 0) is 0 Å². The van der Waals surface area contributed by atoms with Gasteiger partial charge in [0, 0.05) is 32.3 Å². The second-order valence-electron chi connectivity index (χ2n) is 5.17. The van der Waals surface area contributed by atoms with Gasteiger partial charge in [0.2, 0.25) is 0 Å². The molecule has 0 bridgehead atoms. The molecule has 2 N–H and O–H groups in total. The summed E-state index contributed by atoms with van der Waals surface area (Å²) >= 11 is 0. The summed E-state index contributed by atoms with van der Waals surface area (Å²) in [5.41, 5.74) is 0. The minimum Gasteiger partial charge on any atom is -0.396 e. The number of nitrogens with zero attached hydrogens (tertiary/aromatic N) is 3. The maximum atomic E-state index is 8.78. The number of hydrogen-bond donors (Lipinski definition) is 2. The van der Waals surface area contributed by atoms with Crippen LogP contribution in [0, 0.1) is 0 Å². The summed E-state index contributed by atoms with van der Waals surface area (Å²) in [5.74, 6) is 1.81. The van der Waals surface area contributed by atoms with Gasteiger partial charge in [0.05, 0.1) is 0 Å². The lowest BCUT2D eigenvalue weighted by atomic mass is 9.94. The largest absolute Gasteiger partial charge is 0.396 e. The Morgan fingerprint density at radius 1 is 1.32 bits per heavy atom. The summed E-state index contributed by atoms with van der Waals surface area (Å²) in [4.78, 5) is 10.9. The van der Waals surface area contributed by atoms with E-state index in [-0.39, 0.29) is 6.61 Å². The van der Waals surface area contributed by atoms with E-state index >= 15 is 0 Å². The maximum Gasteiger partial charge on any atom is 0.134 e. The number of rotatable bonds is 6. The molecule has 0 radical (unpaired) electrons. The van der Waals surface area contributed by atoms with Gasteiger partial charge >= 0.3 is 0 Å². The van der Waals surface area contributed by atoms with Gasteiger partial charge in [-0.2, -0.15) is 0 Å². The third kappa shape index (κ3) is 4.06. The maximum absolute atomic E-state index is 8.78. The molecule has 5 heteroatoms. The molecule has 2 rings (SSSR count). The van der Waals surface area contributed by atoms with E-state index in [1.54, 1.807) is 6.33 Å². The summed E-state index contributed by atoms with van der Waals surface area (Å²) in [7, 11) is 2.12. The topological polar surface area (TPSA) is 61.3 Å². The summed E-state index contributed by atoms with van der Waals surface area (Å²) < 4.78 is 0. The molecular weight excluding hydrogens is 240 g/mol. The number of nitrogens with one attached hydrogen (secondary N) is 1. The Bertz CT molecular complexity index is 379. The predicted octanol–water partition coefficient (Wildman–Crippen LogP) is 2.04. The number of anilines is 2. The highest BCUT2D eigenvalue weighted by molar-refractivity contribution is 5.48. The zero-order valence-electron chi connectivity index (χ0n) is 11.7. The molecule has 1 fully saturated rings. The van der Waals surface area contributed by atoms with Gasteiger partial charge in [-0.1, -0.05) is 19.3 Å². The molecular formula is C14H24N4O. The normalized spacial score (nSPS) is 16.3. The van der Waals surface area contributed by atoms with Crippen molar-refractivity contribution in [2.24, 2.45) is 0 Å². The van der Waals surface area contributed by atoms with Crippen molar-refractivity contribution in [3.63, 3.8) is 0 Å². The van der Waals surface area contributed by atoms with Crippen molar-refractivity contribution in [1.82, 2.24) is 9.97 Å². The zero-order chi connectivity index (χ0) is 13.5. The third-order valence-electron chi connectivity index (χ3n) is 3.78. The van der Waals surface area contributed by atoms with Crippen molar-refractivity contribution in [3.8, 4) is 0 Å². The van der Waals surface area contributed by atoms with Gasteiger partial charge in [-0.15, -0.1) is 0 Å². The first-order valence-electron chi connectivity index (χ1n) is 7.21. The predicted molar refractivity (Wildman–Crippen MR) is 77.5 cm³/mol. The Kier molecular flexibility index (Phi) is 5.39. The summed E-state index contributed by atoms with van der Waals surface area (Å²) in [6.45, 7) is 0.938. The van der Waals surface area contributed by atoms with Crippen molar-refractivity contribution in [2.75, 3.05) is 30.4 Å². The number of aliphatic hydroxyl groups excluding tert-OH is 1. The van der Waals surface area contributed by atoms with Gasteiger partial charge in [-0.25, -0.2) is 9.97 Å². The van der Waals surface area contributed by atoms with Crippen LogP contribution >= 0.6 is 0 Å². The summed E-state index contributed by atoms with van der Waals surface area (Å²) in [5, 5.41) is 12.0. The fourth-order valence-electron chi connectivity index (χ4n) is 2.59. The fourth-order valence-corrected chi connectivity index (χ4v) is 2.59. The average molecular weight is 264 g/mol. The molecule has 0 saturated heterocycles. The van der Waals surface area contributed by atoms with Gasteiger partial charge in [0.25, 0.3) is 0 Å². The van der Waals surface area contributed by atoms with Crippen LogP contribution in [0.4, 0.5) is 11.6 Å². The smallest absolute Gasteiger partial charge is 0.134 e. The second kappa shape index (κ2) is 7.28. The number of hydrogen-bond acceptors (Lipinski definition) is 5. The Hall–Kier alpha value is -1.36. The highest BCUT2D eigenvalue weighted by Gasteiger charge is 2.19. The van der Waals surface area contributed by atoms with Crippen LogP contribution in [0.25, 0.3) is 0 Å². The van der Waals surface area contributed by atoms with E-state index < -0.39 is 0 Å². The van der Waals surface area contributed by atoms with Crippen molar-refractivity contribution in [3.05, 3.63) is 12.4 Å². The summed E-state index contributed by atoms with van der Waals surface area (Å²) in [6, 6.07) is 2.60. The molecule has 0 aromatic carbocycles. The minimum absolute atomic E-state index is 0.201. The van der Waals surface area contributed by atoms with Crippen LogP contribution in [0.5, 0.6) is 0 Å². The standard InChI is InChI=1S/C14H24N4O/c1-18(12-6-3-2-4-7-12)14-10-13(16-11-17-14)15-8-5-9-19/h10-12,19H,2-9H2,1H3,(H,15,16,17). The van der Waals surface area contributed by atoms with Gasteiger partial charge in [-0.05, 0) is 19.3 Å². The van der Waals surface area contributed by atoms with Crippen LogP contribution < -0.4 is 10.2 Å². The molecule has 0 aliphatic heterocycles. The molecule has 19 heavy (non-hydrogen) atoms. The molecule has 1 aromatic heterocycles. The third-order valence-corrected chi connectivity index (χ3v) is 3.78. The molecule has 1 aliphatic rings. The van der Waals surface area contributed by atoms with Crippen molar-refractivity contribution >= 4 is 11.6 Å². The Labute approximate surface area is 115 Å². The van der Waals surface area contributed by atoms with E-state index in [4.69, 9.17) is 5.11 Å². The molecule has 0 unspecified atom stereocenters. The molecule has 1 heterocycles. The van der Waals surface area contributed by atoms with Crippen molar-refractivity contribution < 1.29 is 5.11 Å². The Morgan fingerprint density at radius 3 is 2.84 bits per heavy atom. The second-order valence-corrected chi connectivity index (χ2v) is 5.17. The number of aliphatic hydroxyl groups is 1. The lowest BCUT2D eigenvalue weighted by Gasteiger charge is -2.32. The summed E-state index contributed by atoms with van der Waals surface area (Å²) in [6.07, 6.45) is 8.86. The Balaban J connectivity index is 1.96. The van der Waals surface area contributed by atoms with Gasteiger partial charge < -0.3 is 15.3 Å². The molecule has 1 aliphatic carbocycles. The van der Waals surface area contributed by atoms with Crippen LogP contribution in [0.2, 0.25) is 0 Å². The molecule has 1 saturated carbocycles. The fraction of sp³-hybridized carbons (Fsp3) is 0.714. The van der Waals surface area contributed by atoms with Gasteiger partial charge in [-0.3, -0.25) is 0 Å². The minimum atomic E-state index is 0.201. The highest BCUT2D eigenvalue weighted by Crippen LogP contribution is 2.25. The number of aromatic nitrogens is 2. The van der Waals surface area contributed by atoms with E-state index in [0.717, 1.165) is 24.6 Å². The van der Waals surface area contributed by atoms with Crippen LogP contribution in [0.1, 0.15) is 38.5 Å². The van der Waals surface area contributed by atoms with E-state index in [1.807, 2.05) is 6.07 Å². The van der Waals surface area contributed by atoms with Gasteiger partial charge in [0.15, 0.2) is 0 Å². The highest BCUT2D eigenvalue weighted by atomic mass is 16.3. The van der Waals surface area contributed by atoms with E-state index in [1.165, 1.54) is 32.1 Å². The lowest BCUT2D eigenvalue weighted by Crippen LogP contribution is -2.34. The van der Waals surface area contributed by atoms with E-state index in [0.29, 0.717) is 6.04 Å². The first-order valence-corrected chi connectivity index (χ1v) is 7.21. The molecule has 0 amide bonds. The molecule has 0 atom stereocenters. The average Bonchev–Trinajstić information content (AvgIpc) is 2.48. The molecule has 1 aromatic rings. The molecule has 106 valence electrons. The van der Waals surface area contributed by atoms with Crippen LogP contribution in [-0.4, -0.2) is 41.3 Å². The lowest BCUT2D eigenvalue weighted by molar-refractivity contribution is 0.292. The monoisotopic (exact) mass is 264 g/mol. The van der Waals surface area contributed by atoms with Crippen LogP contribution in [0.15, 0.2) is 12.4 Å². The van der Waals surface area contributed by atoms with Crippen molar-refractivity contribution in [2.45, 2.75) is 44.6 Å². The first-order chi connectivity index (χ1) is 9.31. The van der Waals surface area contributed by atoms with E-state index in [9.17, 15) is 0 Å². The van der Waals surface area contributed by atoms with Crippen LogP contribution in [0.3, 0.4) is 0 Å². The van der Waals surface area contributed by atoms with Crippen molar-refractivity contribution in [1.29, 1.82) is 0 Å². The SMILES string of the molecule is CN(c1cc(NCCCO)ncn1)C1CCCCC1.